The van der Waals surface area contributed by atoms with E-state index in [-0.39, 0.29) is 12.7 Å². The molecule has 5 heteroatoms. The third kappa shape index (κ3) is 7.43. The molecule has 0 spiro atoms. The van der Waals surface area contributed by atoms with Gasteiger partial charge in [0, 0.05) is 13.1 Å². The average molecular weight is 266 g/mol. The number of nitrogens with two attached hydrogens (primary N) is 1. The molecule has 0 heterocycles. The molecule has 0 saturated heterocycles. The smallest absolute Gasteiger partial charge is 0.243 e. The van der Waals surface area contributed by atoms with Crippen molar-refractivity contribution in [2.45, 2.75) is 26.5 Å². The topological polar surface area (TPSA) is 73.6 Å². The highest BCUT2D eigenvalue weighted by Crippen LogP contribution is 2.14. The fourth-order valence-corrected chi connectivity index (χ4v) is 1.55. The van der Waals surface area contributed by atoms with Crippen LogP contribution in [0.4, 0.5) is 0 Å². The Morgan fingerprint density at radius 1 is 1.42 bits per heavy atom. The Bertz CT molecular complexity index is 394. The molecule has 0 saturated carbocycles. The van der Waals surface area contributed by atoms with Crippen LogP contribution in [0.25, 0.3) is 0 Å². The van der Waals surface area contributed by atoms with Crippen molar-refractivity contribution >= 4 is 5.91 Å². The van der Waals surface area contributed by atoms with E-state index >= 15 is 0 Å². The second-order valence-electron chi connectivity index (χ2n) is 4.51. The molecule has 0 bridgehead atoms. The van der Waals surface area contributed by atoms with E-state index in [0.29, 0.717) is 13.2 Å². The molecule has 0 aliphatic heterocycles. The highest BCUT2D eigenvalue weighted by molar-refractivity contribution is 5.74. The molecule has 3 N–H and O–H groups in total. The van der Waals surface area contributed by atoms with E-state index in [0.717, 1.165) is 17.9 Å². The number of primary amides is 1. The van der Waals surface area contributed by atoms with Gasteiger partial charge in [0.05, 0.1) is 12.7 Å². The maximum Gasteiger partial charge on any atom is 0.243 e. The van der Waals surface area contributed by atoms with Crippen LogP contribution in [0.5, 0.6) is 5.75 Å². The van der Waals surface area contributed by atoms with Crippen LogP contribution in [-0.4, -0.2) is 31.8 Å². The molecule has 0 atom stereocenters. The van der Waals surface area contributed by atoms with Crippen molar-refractivity contribution in [1.29, 1.82) is 0 Å². The van der Waals surface area contributed by atoms with Gasteiger partial charge in [-0.25, -0.2) is 0 Å². The number of rotatable bonds is 9. The number of benzene rings is 1. The van der Waals surface area contributed by atoms with Crippen LogP contribution < -0.4 is 15.8 Å². The first kappa shape index (κ1) is 15.5. The van der Waals surface area contributed by atoms with Gasteiger partial charge in [-0.3, -0.25) is 4.79 Å². The molecule has 5 nitrogen and oxygen atoms in total. The van der Waals surface area contributed by atoms with Gasteiger partial charge in [0.15, 0.2) is 0 Å². The summed E-state index contributed by atoms with van der Waals surface area (Å²) >= 11 is 0. The summed E-state index contributed by atoms with van der Waals surface area (Å²) in [6, 6.07) is 7.96. The number of carbonyl (C=O) groups excluding carboxylic acids is 1. The van der Waals surface area contributed by atoms with Crippen molar-refractivity contribution in [2.75, 3.05) is 19.8 Å². The molecule has 0 aliphatic rings. The van der Waals surface area contributed by atoms with Crippen LogP contribution >= 0.6 is 0 Å². The molecule has 19 heavy (non-hydrogen) atoms. The van der Waals surface area contributed by atoms with Gasteiger partial charge in [0.25, 0.3) is 0 Å². The number of hydrogen-bond acceptors (Lipinski definition) is 4. The summed E-state index contributed by atoms with van der Waals surface area (Å²) < 4.78 is 10.7. The van der Waals surface area contributed by atoms with Crippen molar-refractivity contribution in [1.82, 2.24) is 5.32 Å². The number of amides is 1. The molecule has 106 valence electrons. The van der Waals surface area contributed by atoms with E-state index < -0.39 is 5.91 Å². The van der Waals surface area contributed by atoms with Gasteiger partial charge >= 0.3 is 0 Å². The zero-order valence-electron chi connectivity index (χ0n) is 11.5. The Balaban J connectivity index is 2.23. The van der Waals surface area contributed by atoms with Gasteiger partial charge in [-0.05, 0) is 31.5 Å². The summed E-state index contributed by atoms with van der Waals surface area (Å²) in [7, 11) is 0. The van der Waals surface area contributed by atoms with E-state index in [1.807, 2.05) is 38.1 Å². The van der Waals surface area contributed by atoms with Gasteiger partial charge in [-0.1, -0.05) is 12.1 Å². The minimum Gasteiger partial charge on any atom is -0.491 e. The lowest BCUT2D eigenvalue weighted by molar-refractivity contribution is -0.122. The lowest BCUT2D eigenvalue weighted by atomic mass is 10.2. The lowest BCUT2D eigenvalue weighted by Crippen LogP contribution is -2.23. The van der Waals surface area contributed by atoms with Crippen molar-refractivity contribution in [3.63, 3.8) is 0 Å². The fraction of sp³-hybridized carbons (Fsp3) is 0.500. The Kier molecular flexibility index (Phi) is 6.92. The zero-order chi connectivity index (χ0) is 14.1. The molecule has 0 radical (unpaired) electrons. The second kappa shape index (κ2) is 8.50. The summed E-state index contributed by atoms with van der Waals surface area (Å²) in [6.45, 7) is 5.84. The van der Waals surface area contributed by atoms with E-state index in [4.69, 9.17) is 15.2 Å². The number of nitrogens with one attached hydrogen (secondary N) is 1. The van der Waals surface area contributed by atoms with Crippen LogP contribution in [0.3, 0.4) is 0 Å². The van der Waals surface area contributed by atoms with E-state index in [1.165, 1.54) is 0 Å². The van der Waals surface area contributed by atoms with E-state index in [2.05, 4.69) is 5.32 Å². The van der Waals surface area contributed by atoms with Gasteiger partial charge in [-0.2, -0.15) is 0 Å². The van der Waals surface area contributed by atoms with Gasteiger partial charge in [0.1, 0.15) is 12.4 Å². The van der Waals surface area contributed by atoms with Crippen molar-refractivity contribution in [2.24, 2.45) is 5.73 Å². The first-order valence-corrected chi connectivity index (χ1v) is 6.40. The predicted octanol–water partition coefficient (Wildman–Crippen LogP) is 1.07. The minimum absolute atomic E-state index is 0.0284. The monoisotopic (exact) mass is 266 g/mol. The van der Waals surface area contributed by atoms with Crippen molar-refractivity contribution in [3.8, 4) is 5.75 Å². The maximum absolute atomic E-state index is 10.4. The summed E-state index contributed by atoms with van der Waals surface area (Å²) in [5, 5.41) is 3.22. The van der Waals surface area contributed by atoms with Crippen LogP contribution in [0.2, 0.25) is 0 Å². The predicted molar refractivity (Wildman–Crippen MR) is 73.9 cm³/mol. The second-order valence-corrected chi connectivity index (χ2v) is 4.51. The highest BCUT2D eigenvalue weighted by atomic mass is 16.5. The Hall–Kier alpha value is -1.59. The molecule has 0 aromatic heterocycles. The van der Waals surface area contributed by atoms with Crippen LogP contribution in [-0.2, 0) is 16.1 Å². The molecular formula is C14H22N2O3. The summed E-state index contributed by atoms with van der Waals surface area (Å²) in [6.07, 6.45) is 0.172. The molecular weight excluding hydrogens is 244 g/mol. The summed E-state index contributed by atoms with van der Waals surface area (Å²) in [5.74, 6) is 0.429. The largest absolute Gasteiger partial charge is 0.491 e. The number of ether oxygens (including phenoxy) is 2. The van der Waals surface area contributed by atoms with Gasteiger partial charge < -0.3 is 20.5 Å². The highest BCUT2D eigenvalue weighted by Gasteiger charge is 1.99. The summed E-state index contributed by atoms with van der Waals surface area (Å²) in [5.41, 5.74) is 6.10. The average Bonchev–Trinajstić information content (AvgIpc) is 2.33. The van der Waals surface area contributed by atoms with Gasteiger partial charge in [-0.15, -0.1) is 0 Å². The van der Waals surface area contributed by atoms with E-state index in [9.17, 15) is 4.79 Å². The van der Waals surface area contributed by atoms with Crippen molar-refractivity contribution < 1.29 is 14.3 Å². The third-order valence-corrected chi connectivity index (χ3v) is 2.27. The maximum atomic E-state index is 10.4. The quantitative estimate of drug-likeness (QED) is 0.656. The SMILES string of the molecule is CC(C)Oc1cccc(CNCCOCC(N)=O)c1. The molecule has 1 rings (SSSR count). The third-order valence-electron chi connectivity index (χ3n) is 2.27. The Labute approximate surface area is 114 Å². The standard InChI is InChI=1S/C14H22N2O3/c1-11(2)19-13-5-3-4-12(8-13)9-16-6-7-18-10-14(15)17/h3-5,8,11,16H,6-7,9-10H2,1-2H3,(H2,15,17). The molecule has 0 unspecified atom stereocenters. The van der Waals surface area contributed by atoms with Crippen LogP contribution in [0, 0.1) is 0 Å². The van der Waals surface area contributed by atoms with Crippen LogP contribution in [0.15, 0.2) is 24.3 Å². The summed E-state index contributed by atoms with van der Waals surface area (Å²) in [4.78, 5) is 10.4. The van der Waals surface area contributed by atoms with Crippen molar-refractivity contribution in [3.05, 3.63) is 29.8 Å². The normalized spacial score (nSPS) is 10.7. The van der Waals surface area contributed by atoms with Crippen LogP contribution in [0.1, 0.15) is 19.4 Å². The molecule has 1 aromatic rings. The fourth-order valence-electron chi connectivity index (χ4n) is 1.55. The molecule has 1 amide bonds. The minimum atomic E-state index is -0.446. The van der Waals surface area contributed by atoms with Gasteiger partial charge in [0.2, 0.25) is 5.91 Å². The first-order chi connectivity index (χ1) is 9.08. The molecule has 0 fully saturated rings. The Morgan fingerprint density at radius 3 is 2.89 bits per heavy atom. The number of hydrogen-bond donors (Lipinski definition) is 2. The number of carbonyl (C=O) groups is 1. The zero-order valence-corrected chi connectivity index (χ0v) is 11.5. The molecule has 1 aromatic carbocycles. The lowest BCUT2D eigenvalue weighted by Gasteiger charge is -2.11. The molecule has 0 aliphatic carbocycles. The van der Waals surface area contributed by atoms with E-state index in [1.54, 1.807) is 0 Å². The first-order valence-electron chi connectivity index (χ1n) is 6.40. The Morgan fingerprint density at radius 2 is 2.21 bits per heavy atom.